The lowest BCUT2D eigenvalue weighted by atomic mass is 10.2. The second kappa shape index (κ2) is 10.1. The van der Waals surface area contributed by atoms with Crippen LogP contribution in [0.3, 0.4) is 0 Å². The van der Waals surface area contributed by atoms with Crippen molar-refractivity contribution in [2.24, 2.45) is 0 Å². The second-order valence-electron chi connectivity index (χ2n) is 5.96. The Morgan fingerprint density at radius 2 is 1.45 bits per heavy atom. The predicted molar refractivity (Wildman–Crippen MR) is 104 cm³/mol. The topological polar surface area (TPSA) is 56.8 Å². The van der Waals surface area contributed by atoms with E-state index in [0.717, 1.165) is 5.56 Å². The molecular weight excluding hydrogens is 380 g/mol. The van der Waals surface area contributed by atoms with Crippen molar-refractivity contribution in [3.05, 3.63) is 84.4 Å². The number of halogens is 2. The lowest BCUT2D eigenvalue weighted by molar-refractivity contribution is -0.118. The summed E-state index contributed by atoms with van der Waals surface area (Å²) in [5.74, 6) is 0.531. The number of nitrogens with one attached hydrogen (secondary N) is 1. The number of anilines is 1. The van der Waals surface area contributed by atoms with Crippen molar-refractivity contribution < 1.29 is 27.8 Å². The van der Waals surface area contributed by atoms with Crippen LogP contribution in [0.15, 0.2) is 78.9 Å². The standard InChI is InChI=1S/C22H19F2NO4/c23-22(24)29-20-9-5-4-8-19(20)25-21(26)15-28-18-12-10-17(11-13-18)27-14-16-6-2-1-3-7-16/h1-13,22H,14-15H2,(H,25,26). The van der Waals surface area contributed by atoms with Gasteiger partial charge in [0.05, 0.1) is 5.69 Å². The third kappa shape index (κ3) is 6.49. The number of benzene rings is 3. The number of hydrogen-bond acceptors (Lipinski definition) is 4. The summed E-state index contributed by atoms with van der Waals surface area (Å²) < 4.78 is 40.3. The van der Waals surface area contributed by atoms with Crippen LogP contribution in [-0.2, 0) is 11.4 Å². The zero-order valence-electron chi connectivity index (χ0n) is 15.4. The van der Waals surface area contributed by atoms with Gasteiger partial charge in [-0.1, -0.05) is 42.5 Å². The molecule has 3 aromatic rings. The molecule has 150 valence electrons. The van der Waals surface area contributed by atoms with Crippen LogP contribution in [0.5, 0.6) is 17.2 Å². The first-order valence-corrected chi connectivity index (χ1v) is 8.83. The highest BCUT2D eigenvalue weighted by atomic mass is 19.3. The van der Waals surface area contributed by atoms with E-state index < -0.39 is 12.5 Å². The highest BCUT2D eigenvalue weighted by Gasteiger charge is 2.12. The molecule has 0 fully saturated rings. The van der Waals surface area contributed by atoms with E-state index in [1.807, 2.05) is 30.3 Å². The highest BCUT2D eigenvalue weighted by molar-refractivity contribution is 5.93. The van der Waals surface area contributed by atoms with E-state index in [2.05, 4.69) is 10.1 Å². The third-order valence-electron chi connectivity index (χ3n) is 3.82. The number of rotatable bonds is 9. The number of hydrogen-bond donors (Lipinski definition) is 1. The summed E-state index contributed by atoms with van der Waals surface area (Å²) >= 11 is 0. The van der Waals surface area contributed by atoms with Crippen molar-refractivity contribution in [3.63, 3.8) is 0 Å². The molecule has 0 heterocycles. The van der Waals surface area contributed by atoms with Crippen molar-refractivity contribution in [1.82, 2.24) is 0 Å². The fourth-order valence-corrected chi connectivity index (χ4v) is 2.48. The number of ether oxygens (including phenoxy) is 3. The smallest absolute Gasteiger partial charge is 0.387 e. The summed E-state index contributed by atoms with van der Waals surface area (Å²) in [5.41, 5.74) is 1.20. The molecule has 0 aliphatic heterocycles. The number of carbonyl (C=O) groups excluding carboxylic acids is 1. The van der Waals surface area contributed by atoms with Crippen LogP contribution < -0.4 is 19.5 Å². The molecule has 0 atom stereocenters. The summed E-state index contributed by atoms with van der Waals surface area (Å²) in [6, 6.07) is 22.6. The lowest BCUT2D eigenvalue weighted by Gasteiger charge is -2.12. The molecule has 1 N–H and O–H groups in total. The van der Waals surface area contributed by atoms with E-state index >= 15 is 0 Å². The molecule has 0 aliphatic carbocycles. The van der Waals surface area contributed by atoms with Gasteiger partial charge in [0.15, 0.2) is 6.61 Å². The summed E-state index contributed by atoms with van der Waals surface area (Å²) in [7, 11) is 0. The van der Waals surface area contributed by atoms with Crippen LogP contribution in [0.4, 0.5) is 14.5 Å². The van der Waals surface area contributed by atoms with Gasteiger partial charge in [-0.2, -0.15) is 8.78 Å². The van der Waals surface area contributed by atoms with E-state index in [1.165, 1.54) is 18.2 Å². The lowest BCUT2D eigenvalue weighted by Crippen LogP contribution is -2.20. The molecule has 7 heteroatoms. The first kappa shape index (κ1) is 20.1. The van der Waals surface area contributed by atoms with Crippen LogP contribution in [0.2, 0.25) is 0 Å². The fourth-order valence-electron chi connectivity index (χ4n) is 2.48. The molecule has 0 aromatic heterocycles. The van der Waals surface area contributed by atoms with Crippen molar-refractivity contribution in [1.29, 1.82) is 0 Å². The van der Waals surface area contributed by atoms with E-state index in [4.69, 9.17) is 9.47 Å². The SMILES string of the molecule is O=C(COc1ccc(OCc2ccccc2)cc1)Nc1ccccc1OC(F)F. The van der Waals surface area contributed by atoms with Gasteiger partial charge in [-0.3, -0.25) is 4.79 Å². The van der Waals surface area contributed by atoms with Crippen LogP contribution in [0, 0.1) is 0 Å². The molecule has 3 aromatic carbocycles. The van der Waals surface area contributed by atoms with E-state index in [1.54, 1.807) is 30.3 Å². The zero-order valence-corrected chi connectivity index (χ0v) is 15.4. The van der Waals surface area contributed by atoms with Gasteiger partial charge in [0.25, 0.3) is 5.91 Å². The van der Waals surface area contributed by atoms with Crippen LogP contribution in [0.25, 0.3) is 0 Å². The molecule has 0 saturated carbocycles. The summed E-state index contributed by atoms with van der Waals surface area (Å²) in [4.78, 5) is 12.0. The van der Waals surface area contributed by atoms with E-state index in [-0.39, 0.29) is 18.0 Å². The van der Waals surface area contributed by atoms with Crippen LogP contribution in [-0.4, -0.2) is 19.1 Å². The third-order valence-corrected chi connectivity index (χ3v) is 3.82. The van der Waals surface area contributed by atoms with Gasteiger partial charge < -0.3 is 19.5 Å². The highest BCUT2D eigenvalue weighted by Crippen LogP contribution is 2.25. The van der Waals surface area contributed by atoms with Gasteiger partial charge >= 0.3 is 6.61 Å². The summed E-state index contributed by atoms with van der Waals surface area (Å²) in [6.07, 6.45) is 0. The maximum Gasteiger partial charge on any atom is 0.387 e. The molecule has 0 bridgehead atoms. The minimum atomic E-state index is -2.98. The molecule has 29 heavy (non-hydrogen) atoms. The average molecular weight is 399 g/mol. The molecule has 0 spiro atoms. The number of amides is 1. The van der Waals surface area contributed by atoms with Crippen molar-refractivity contribution in [2.75, 3.05) is 11.9 Å². The Kier molecular flexibility index (Phi) is 7.00. The average Bonchev–Trinajstić information content (AvgIpc) is 2.73. The fraction of sp³-hybridized carbons (Fsp3) is 0.136. The Hall–Kier alpha value is -3.61. The first-order chi connectivity index (χ1) is 14.1. The van der Waals surface area contributed by atoms with Crippen LogP contribution >= 0.6 is 0 Å². The second-order valence-corrected chi connectivity index (χ2v) is 5.96. The molecule has 1 amide bonds. The van der Waals surface area contributed by atoms with Gasteiger partial charge in [0.2, 0.25) is 0 Å². The quantitative estimate of drug-likeness (QED) is 0.557. The Morgan fingerprint density at radius 3 is 2.14 bits per heavy atom. The van der Waals surface area contributed by atoms with Gasteiger partial charge in [0, 0.05) is 0 Å². The minimum Gasteiger partial charge on any atom is -0.489 e. The van der Waals surface area contributed by atoms with Crippen molar-refractivity contribution >= 4 is 11.6 Å². The van der Waals surface area contributed by atoms with Gasteiger partial charge in [-0.25, -0.2) is 0 Å². The maximum absolute atomic E-state index is 12.4. The molecule has 0 unspecified atom stereocenters. The number of para-hydroxylation sites is 2. The monoisotopic (exact) mass is 399 g/mol. The van der Waals surface area contributed by atoms with E-state index in [0.29, 0.717) is 18.1 Å². The first-order valence-electron chi connectivity index (χ1n) is 8.83. The summed E-state index contributed by atoms with van der Waals surface area (Å²) in [5, 5.41) is 2.49. The Balaban J connectivity index is 1.48. The Labute approximate surface area is 166 Å². The maximum atomic E-state index is 12.4. The van der Waals surface area contributed by atoms with E-state index in [9.17, 15) is 13.6 Å². The zero-order chi connectivity index (χ0) is 20.5. The normalized spacial score (nSPS) is 10.4. The molecular formula is C22H19F2NO4. The molecule has 0 aliphatic rings. The van der Waals surface area contributed by atoms with Crippen LogP contribution in [0.1, 0.15) is 5.56 Å². The Morgan fingerprint density at radius 1 is 0.828 bits per heavy atom. The van der Waals surface area contributed by atoms with Gasteiger partial charge in [0.1, 0.15) is 23.9 Å². The number of carbonyl (C=O) groups is 1. The van der Waals surface area contributed by atoms with Gasteiger partial charge in [-0.15, -0.1) is 0 Å². The molecule has 5 nitrogen and oxygen atoms in total. The van der Waals surface area contributed by atoms with Crippen molar-refractivity contribution in [3.8, 4) is 17.2 Å². The minimum absolute atomic E-state index is 0.115. The molecule has 0 saturated heterocycles. The van der Waals surface area contributed by atoms with Gasteiger partial charge in [-0.05, 0) is 42.0 Å². The molecule has 3 rings (SSSR count). The molecule has 0 radical (unpaired) electrons. The summed E-state index contributed by atoms with van der Waals surface area (Å²) in [6.45, 7) is -2.82. The number of alkyl halides is 2. The van der Waals surface area contributed by atoms with Crippen molar-refractivity contribution in [2.45, 2.75) is 13.2 Å². The Bertz CT molecular complexity index is 918. The predicted octanol–water partition coefficient (Wildman–Crippen LogP) is 4.88. The largest absolute Gasteiger partial charge is 0.489 e.